The maximum absolute atomic E-state index is 10.4. The van der Waals surface area contributed by atoms with E-state index in [1.807, 2.05) is 0 Å². The van der Waals surface area contributed by atoms with Crippen molar-refractivity contribution in [3.05, 3.63) is 21.9 Å². The van der Waals surface area contributed by atoms with E-state index in [1.165, 1.54) is 11.3 Å². The van der Waals surface area contributed by atoms with Crippen molar-refractivity contribution >= 4 is 29.9 Å². The third-order valence-corrected chi connectivity index (χ3v) is 2.40. The lowest BCUT2D eigenvalue weighted by atomic mass is 10.3. The summed E-state index contributed by atoms with van der Waals surface area (Å²) in [5.41, 5.74) is 0.792. The Morgan fingerprint density at radius 3 is 2.90 bits per heavy atom. The van der Waals surface area contributed by atoms with Gasteiger partial charge in [0.15, 0.2) is 0 Å². The van der Waals surface area contributed by atoms with E-state index in [0.29, 0.717) is 10.6 Å². The topological polar surface area (TPSA) is 37.3 Å². The van der Waals surface area contributed by atoms with Gasteiger partial charge in [-0.25, -0.2) is 4.79 Å². The van der Waals surface area contributed by atoms with Crippen molar-refractivity contribution in [2.45, 2.75) is 5.75 Å². The van der Waals surface area contributed by atoms with Crippen molar-refractivity contribution in [3.8, 4) is 0 Å². The molecule has 0 spiro atoms. The first-order valence-electron chi connectivity index (χ1n) is 2.66. The van der Waals surface area contributed by atoms with Gasteiger partial charge in [0.2, 0.25) is 0 Å². The third-order valence-electron chi connectivity index (χ3n) is 1.11. The molecule has 1 aromatic rings. The molecule has 0 bridgehead atoms. The van der Waals surface area contributed by atoms with Crippen molar-refractivity contribution in [1.82, 2.24) is 0 Å². The summed E-state index contributed by atoms with van der Waals surface area (Å²) in [6, 6.07) is 1.78. The number of hydrogen-bond acceptors (Lipinski definition) is 3. The van der Waals surface area contributed by atoms with E-state index in [2.05, 4.69) is 12.6 Å². The zero-order chi connectivity index (χ0) is 7.56. The molecule has 0 saturated carbocycles. The predicted octanol–water partition coefficient (Wildman–Crippen LogP) is 1.88. The minimum atomic E-state index is -0.862. The van der Waals surface area contributed by atoms with Crippen molar-refractivity contribution in [3.63, 3.8) is 0 Å². The summed E-state index contributed by atoms with van der Waals surface area (Å²) < 4.78 is 0. The first-order valence-corrected chi connectivity index (χ1v) is 4.17. The Hall–Kier alpha value is -0.480. The van der Waals surface area contributed by atoms with Crippen LogP contribution in [0.5, 0.6) is 0 Å². The number of carboxylic acids is 1. The molecule has 2 nitrogen and oxygen atoms in total. The lowest BCUT2D eigenvalue weighted by Gasteiger charge is -1.90. The van der Waals surface area contributed by atoms with E-state index in [4.69, 9.17) is 5.11 Å². The first-order chi connectivity index (χ1) is 4.75. The highest BCUT2D eigenvalue weighted by molar-refractivity contribution is 7.79. The maximum Gasteiger partial charge on any atom is 0.346 e. The average molecular weight is 174 g/mol. The lowest BCUT2D eigenvalue weighted by Crippen LogP contribution is -1.94. The molecule has 1 heterocycles. The molecular formula is C6H6O2S2. The minimum Gasteiger partial charge on any atom is -0.477 e. The first kappa shape index (κ1) is 7.63. The van der Waals surface area contributed by atoms with Crippen LogP contribution in [-0.2, 0) is 5.75 Å². The van der Waals surface area contributed by atoms with Gasteiger partial charge in [-0.1, -0.05) is 0 Å². The van der Waals surface area contributed by atoms with E-state index < -0.39 is 5.97 Å². The van der Waals surface area contributed by atoms with Crippen molar-refractivity contribution in [2.24, 2.45) is 0 Å². The molecule has 1 rings (SSSR count). The molecule has 0 amide bonds. The number of rotatable bonds is 2. The lowest BCUT2D eigenvalue weighted by molar-refractivity contribution is 0.0701. The van der Waals surface area contributed by atoms with Crippen LogP contribution >= 0.6 is 24.0 Å². The van der Waals surface area contributed by atoms with Crippen molar-refractivity contribution < 1.29 is 9.90 Å². The largest absolute Gasteiger partial charge is 0.477 e. The molecule has 0 aliphatic rings. The maximum atomic E-state index is 10.4. The summed E-state index contributed by atoms with van der Waals surface area (Å²) in [6.07, 6.45) is 0. The van der Waals surface area contributed by atoms with Crippen LogP contribution in [0, 0.1) is 0 Å². The Bertz CT molecular complexity index is 242. The minimum absolute atomic E-state index is 0.398. The number of carboxylic acid groups (broad SMARTS) is 1. The van der Waals surface area contributed by atoms with E-state index in [9.17, 15) is 4.79 Å². The molecule has 0 saturated heterocycles. The third kappa shape index (κ3) is 1.33. The zero-order valence-corrected chi connectivity index (χ0v) is 6.78. The van der Waals surface area contributed by atoms with Gasteiger partial charge in [-0.05, 0) is 17.0 Å². The highest BCUT2D eigenvalue weighted by atomic mass is 32.1. The van der Waals surface area contributed by atoms with Crippen LogP contribution in [0.3, 0.4) is 0 Å². The van der Waals surface area contributed by atoms with Crippen molar-refractivity contribution in [2.75, 3.05) is 0 Å². The highest BCUT2D eigenvalue weighted by Crippen LogP contribution is 2.17. The SMILES string of the molecule is O=C(O)c1sccc1CS. The molecule has 4 heteroatoms. The molecule has 0 aliphatic heterocycles. The van der Waals surface area contributed by atoms with Gasteiger partial charge in [0.05, 0.1) is 0 Å². The Labute approximate surface area is 67.9 Å². The van der Waals surface area contributed by atoms with E-state index in [0.717, 1.165) is 5.56 Å². The summed E-state index contributed by atoms with van der Waals surface area (Å²) in [5.74, 6) is -0.371. The van der Waals surface area contributed by atoms with Gasteiger partial charge in [-0.3, -0.25) is 0 Å². The zero-order valence-electron chi connectivity index (χ0n) is 5.07. The Morgan fingerprint density at radius 1 is 1.80 bits per heavy atom. The average Bonchev–Trinajstić information content (AvgIpc) is 2.33. The second-order valence-corrected chi connectivity index (χ2v) is 2.97. The molecule has 0 unspecified atom stereocenters. The fourth-order valence-electron chi connectivity index (χ4n) is 0.648. The molecule has 0 atom stereocenters. The van der Waals surface area contributed by atoms with E-state index >= 15 is 0 Å². The smallest absolute Gasteiger partial charge is 0.346 e. The molecule has 0 fully saturated rings. The second kappa shape index (κ2) is 3.07. The van der Waals surface area contributed by atoms with Gasteiger partial charge in [0, 0.05) is 5.75 Å². The van der Waals surface area contributed by atoms with Crippen molar-refractivity contribution in [1.29, 1.82) is 0 Å². The van der Waals surface area contributed by atoms with Crippen LogP contribution < -0.4 is 0 Å². The second-order valence-electron chi connectivity index (χ2n) is 1.74. The van der Waals surface area contributed by atoms with Gasteiger partial charge in [-0.15, -0.1) is 11.3 Å². The van der Waals surface area contributed by atoms with Gasteiger partial charge >= 0.3 is 5.97 Å². The standard InChI is InChI=1S/C6H6O2S2/c7-6(8)5-4(3-9)1-2-10-5/h1-2,9H,3H2,(H,7,8). The summed E-state index contributed by atoms with van der Waals surface area (Å²) in [5, 5.41) is 10.3. The molecule has 0 aliphatic carbocycles. The molecule has 1 N–H and O–H groups in total. The number of thiol groups is 1. The fraction of sp³-hybridized carbons (Fsp3) is 0.167. The van der Waals surface area contributed by atoms with Crippen LogP contribution in [0.4, 0.5) is 0 Å². The Kier molecular flexibility index (Phi) is 2.34. The molecule has 54 valence electrons. The van der Waals surface area contributed by atoms with Crippen LogP contribution in [0.1, 0.15) is 15.2 Å². The van der Waals surface area contributed by atoms with Crippen LogP contribution in [0.2, 0.25) is 0 Å². The van der Waals surface area contributed by atoms with E-state index in [1.54, 1.807) is 11.4 Å². The monoisotopic (exact) mass is 174 g/mol. The number of aromatic carboxylic acids is 1. The molecule has 1 aromatic heterocycles. The summed E-state index contributed by atoms with van der Waals surface area (Å²) in [4.78, 5) is 10.8. The van der Waals surface area contributed by atoms with Crippen LogP contribution in [0.25, 0.3) is 0 Å². The normalized spacial score (nSPS) is 9.70. The Balaban J connectivity index is 3.01. The number of thiophene rings is 1. The van der Waals surface area contributed by atoms with Gasteiger partial charge in [-0.2, -0.15) is 12.6 Å². The predicted molar refractivity (Wildman–Crippen MR) is 44.0 cm³/mol. The number of hydrogen-bond donors (Lipinski definition) is 2. The fourth-order valence-corrected chi connectivity index (χ4v) is 1.78. The summed E-state index contributed by atoms with van der Waals surface area (Å²) in [7, 11) is 0. The van der Waals surface area contributed by atoms with E-state index in [-0.39, 0.29) is 0 Å². The summed E-state index contributed by atoms with van der Waals surface area (Å²) >= 11 is 5.22. The molecule has 0 aromatic carbocycles. The summed E-state index contributed by atoms with van der Waals surface area (Å²) in [6.45, 7) is 0. The molecular weight excluding hydrogens is 168 g/mol. The van der Waals surface area contributed by atoms with Gasteiger partial charge in [0.25, 0.3) is 0 Å². The molecule has 0 radical (unpaired) electrons. The van der Waals surface area contributed by atoms with Crippen LogP contribution in [0.15, 0.2) is 11.4 Å². The highest BCUT2D eigenvalue weighted by Gasteiger charge is 2.08. The van der Waals surface area contributed by atoms with Crippen LogP contribution in [-0.4, -0.2) is 11.1 Å². The van der Waals surface area contributed by atoms with Gasteiger partial charge < -0.3 is 5.11 Å². The van der Waals surface area contributed by atoms with Gasteiger partial charge in [0.1, 0.15) is 4.88 Å². The Morgan fingerprint density at radius 2 is 2.50 bits per heavy atom. The quantitative estimate of drug-likeness (QED) is 0.672. The molecule has 10 heavy (non-hydrogen) atoms. The number of carbonyl (C=O) groups is 1.